The zero-order valence-electron chi connectivity index (χ0n) is 14.2. The van der Waals surface area contributed by atoms with Gasteiger partial charge in [0, 0.05) is 13.5 Å². The Labute approximate surface area is 134 Å². The topological polar surface area (TPSA) is 68.0 Å². The van der Waals surface area contributed by atoms with Crippen LogP contribution in [-0.4, -0.2) is 26.1 Å². The number of aromatic nitrogens is 3. The van der Waals surface area contributed by atoms with E-state index in [1.807, 2.05) is 18.7 Å². The number of aliphatic carboxylic acids is 1. The minimum Gasteiger partial charge on any atom is -0.481 e. The van der Waals surface area contributed by atoms with Crippen LogP contribution in [0.1, 0.15) is 82.0 Å². The van der Waals surface area contributed by atoms with Crippen molar-refractivity contribution in [2.75, 3.05) is 0 Å². The van der Waals surface area contributed by atoms with Crippen molar-refractivity contribution in [3.8, 4) is 0 Å². The minimum absolute atomic E-state index is 0.325. The summed E-state index contributed by atoms with van der Waals surface area (Å²) in [6.07, 6.45) is 13.5. The third-order valence-electron chi connectivity index (χ3n) is 4.19. The van der Waals surface area contributed by atoms with Gasteiger partial charge in [-0.3, -0.25) is 9.48 Å². The molecule has 0 unspecified atom stereocenters. The molecule has 0 aromatic carbocycles. The van der Waals surface area contributed by atoms with Crippen LogP contribution in [-0.2, 0) is 18.3 Å². The predicted molar refractivity (Wildman–Crippen MR) is 87.9 cm³/mol. The van der Waals surface area contributed by atoms with E-state index in [1.54, 1.807) is 0 Å². The fourth-order valence-electron chi connectivity index (χ4n) is 2.81. The molecule has 0 fully saturated rings. The van der Waals surface area contributed by atoms with E-state index in [4.69, 9.17) is 5.11 Å². The van der Waals surface area contributed by atoms with Gasteiger partial charge in [-0.2, -0.15) is 0 Å². The number of nitrogens with zero attached hydrogens (tertiary/aromatic N) is 3. The molecule has 0 bridgehead atoms. The number of carboxylic acids is 1. The second-order valence-electron chi connectivity index (χ2n) is 6.17. The molecule has 0 atom stereocenters. The van der Waals surface area contributed by atoms with Crippen LogP contribution in [0.25, 0.3) is 0 Å². The summed E-state index contributed by atoms with van der Waals surface area (Å²) in [7, 11) is 1.96. The summed E-state index contributed by atoms with van der Waals surface area (Å²) >= 11 is 0. The Morgan fingerprint density at radius 1 is 0.955 bits per heavy atom. The normalized spacial score (nSPS) is 11.0. The molecule has 1 aromatic rings. The highest BCUT2D eigenvalue weighted by atomic mass is 16.4. The molecule has 0 aliphatic carbocycles. The average molecular weight is 309 g/mol. The molecule has 0 aliphatic rings. The maximum atomic E-state index is 10.4. The Balaban J connectivity index is 1.85. The molecule has 5 heteroatoms. The Hall–Kier alpha value is -1.39. The van der Waals surface area contributed by atoms with Crippen LogP contribution >= 0.6 is 0 Å². The number of carboxylic acid groups (broad SMARTS) is 1. The SMILES string of the molecule is Cc1nnn(C)c1CCCCCCCCCCCCC(=O)O. The van der Waals surface area contributed by atoms with Gasteiger partial charge in [0.25, 0.3) is 0 Å². The van der Waals surface area contributed by atoms with Crippen LogP contribution in [0, 0.1) is 6.92 Å². The van der Waals surface area contributed by atoms with Crippen LogP contribution in [0.15, 0.2) is 0 Å². The third-order valence-corrected chi connectivity index (χ3v) is 4.19. The van der Waals surface area contributed by atoms with Gasteiger partial charge in [0.05, 0.1) is 11.4 Å². The molecule has 126 valence electrons. The quantitative estimate of drug-likeness (QED) is 0.558. The van der Waals surface area contributed by atoms with Gasteiger partial charge in [0.2, 0.25) is 0 Å². The van der Waals surface area contributed by atoms with Crippen LogP contribution < -0.4 is 0 Å². The van der Waals surface area contributed by atoms with E-state index in [0.717, 1.165) is 25.0 Å². The molecule has 1 N–H and O–H groups in total. The zero-order chi connectivity index (χ0) is 16.2. The van der Waals surface area contributed by atoms with Crippen molar-refractivity contribution < 1.29 is 9.90 Å². The van der Waals surface area contributed by atoms with Crippen molar-refractivity contribution in [1.29, 1.82) is 0 Å². The second kappa shape index (κ2) is 11.2. The van der Waals surface area contributed by atoms with E-state index < -0.39 is 5.97 Å². The molecule has 0 spiro atoms. The molecular formula is C17H31N3O2. The molecule has 5 nitrogen and oxygen atoms in total. The summed E-state index contributed by atoms with van der Waals surface area (Å²) in [5, 5.41) is 16.6. The molecule has 1 aromatic heterocycles. The molecule has 0 amide bonds. The summed E-state index contributed by atoms with van der Waals surface area (Å²) in [5.74, 6) is -0.669. The number of rotatable bonds is 13. The van der Waals surface area contributed by atoms with Crippen LogP contribution in [0.3, 0.4) is 0 Å². The van der Waals surface area contributed by atoms with Gasteiger partial charge in [-0.15, -0.1) is 5.10 Å². The smallest absolute Gasteiger partial charge is 0.303 e. The Morgan fingerprint density at radius 2 is 1.45 bits per heavy atom. The van der Waals surface area contributed by atoms with Crippen molar-refractivity contribution in [3.63, 3.8) is 0 Å². The first kappa shape index (κ1) is 18.7. The number of carbonyl (C=O) groups is 1. The number of hydrogen-bond donors (Lipinski definition) is 1. The van der Waals surface area contributed by atoms with Crippen molar-refractivity contribution in [3.05, 3.63) is 11.4 Å². The molecule has 22 heavy (non-hydrogen) atoms. The van der Waals surface area contributed by atoms with Crippen molar-refractivity contribution in [2.45, 2.75) is 84.0 Å². The Kier molecular flexibility index (Phi) is 9.51. The highest BCUT2D eigenvalue weighted by Crippen LogP contribution is 2.13. The van der Waals surface area contributed by atoms with E-state index in [1.165, 1.54) is 57.1 Å². The van der Waals surface area contributed by atoms with Gasteiger partial charge in [0.1, 0.15) is 0 Å². The van der Waals surface area contributed by atoms with E-state index in [-0.39, 0.29) is 0 Å². The molecule has 1 heterocycles. The van der Waals surface area contributed by atoms with E-state index in [0.29, 0.717) is 6.42 Å². The van der Waals surface area contributed by atoms with Gasteiger partial charge >= 0.3 is 5.97 Å². The lowest BCUT2D eigenvalue weighted by Gasteiger charge is -2.04. The predicted octanol–water partition coefficient (Wildman–Crippen LogP) is 4.04. The van der Waals surface area contributed by atoms with Crippen LogP contribution in [0.4, 0.5) is 0 Å². The minimum atomic E-state index is -0.669. The first-order valence-corrected chi connectivity index (χ1v) is 8.68. The number of hydrogen-bond acceptors (Lipinski definition) is 3. The fourth-order valence-corrected chi connectivity index (χ4v) is 2.81. The fraction of sp³-hybridized carbons (Fsp3) is 0.824. The zero-order valence-corrected chi connectivity index (χ0v) is 14.2. The second-order valence-corrected chi connectivity index (χ2v) is 6.17. The highest BCUT2D eigenvalue weighted by Gasteiger charge is 2.05. The lowest BCUT2D eigenvalue weighted by Crippen LogP contribution is -1.99. The Bertz CT molecular complexity index is 410. The van der Waals surface area contributed by atoms with Gasteiger partial charge in [-0.25, -0.2) is 0 Å². The van der Waals surface area contributed by atoms with E-state index in [9.17, 15) is 4.79 Å². The summed E-state index contributed by atoms with van der Waals surface area (Å²) in [4.78, 5) is 10.4. The average Bonchev–Trinajstić information content (AvgIpc) is 2.79. The monoisotopic (exact) mass is 309 g/mol. The summed E-state index contributed by atoms with van der Waals surface area (Å²) in [6.45, 7) is 2.03. The lowest BCUT2D eigenvalue weighted by atomic mass is 10.0. The summed E-state index contributed by atoms with van der Waals surface area (Å²) < 4.78 is 1.89. The third kappa shape index (κ3) is 8.15. The molecule has 0 saturated carbocycles. The maximum absolute atomic E-state index is 10.4. The molecule has 0 radical (unpaired) electrons. The lowest BCUT2D eigenvalue weighted by molar-refractivity contribution is -0.137. The van der Waals surface area contributed by atoms with Gasteiger partial charge in [0.15, 0.2) is 0 Å². The maximum Gasteiger partial charge on any atom is 0.303 e. The highest BCUT2D eigenvalue weighted by molar-refractivity contribution is 5.66. The van der Waals surface area contributed by atoms with E-state index >= 15 is 0 Å². The van der Waals surface area contributed by atoms with Gasteiger partial charge < -0.3 is 5.11 Å². The van der Waals surface area contributed by atoms with Gasteiger partial charge in [-0.1, -0.05) is 56.6 Å². The van der Waals surface area contributed by atoms with Crippen molar-refractivity contribution in [1.82, 2.24) is 15.0 Å². The van der Waals surface area contributed by atoms with Crippen molar-refractivity contribution in [2.24, 2.45) is 7.05 Å². The van der Waals surface area contributed by atoms with Crippen molar-refractivity contribution >= 4 is 5.97 Å². The first-order valence-electron chi connectivity index (χ1n) is 8.68. The molecule has 0 saturated heterocycles. The standard InChI is InChI=1S/C17H31N3O2/c1-15-16(20(2)19-18-15)13-11-9-7-5-3-4-6-8-10-12-14-17(21)22/h3-14H2,1-2H3,(H,21,22). The van der Waals surface area contributed by atoms with Crippen LogP contribution in [0.2, 0.25) is 0 Å². The van der Waals surface area contributed by atoms with Crippen LogP contribution in [0.5, 0.6) is 0 Å². The molecule has 0 aliphatic heterocycles. The van der Waals surface area contributed by atoms with Gasteiger partial charge in [-0.05, 0) is 26.2 Å². The number of unbranched alkanes of at least 4 members (excludes halogenated alkanes) is 9. The summed E-state index contributed by atoms with van der Waals surface area (Å²) in [6, 6.07) is 0. The number of aryl methyl sites for hydroxylation is 2. The van der Waals surface area contributed by atoms with E-state index in [2.05, 4.69) is 10.3 Å². The largest absolute Gasteiger partial charge is 0.481 e. The Morgan fingerprint density at radius 3 is 1.91 bits per heavy atom. The molecule has 1 rings (SSSR count). The molecular weight excluding hydrogens is 278 g/mol. The first-order chi connectivity index (χ1) is 10.6. The summed E-state index contributed by atoms with van der Waals surface area (Å²) in [5.41, 5.74) is 2.33.